The van der Waals surface area contributed by atoms with Crippen LogP contribution in [0.15, 0.2) is 4.99 Å². The Hall–Kier alpha value is -0.530. The first-order valence-electron chi connectivity index (χ1n) is 9.44. The van der Waals surface area contributed by atoms with Gasteiger partial charge in [0.25, 0.3) is 0 Å². The number of carbonyl (C=O) groups excluding carboxylic acids is 1. The summed E-state index contributed by atoms with van der Waals surface area (Å²) < 4.78 is 5.13. The van der Waals surface area contributed by atoms with Gasteiger partial charge in [-0.05, 0) is 58.3 Å². The van der Waals surface area contributed by atoms with Gasteiger partial charge in [0.05, 0.1) is 12.5 Å². The van der Waals surface area contributed by atoms with Crippen LogP contribution in [0.1, 0.15) is 65.2 Å². The number of nitrogens with one attached hydrogen (secondary N) is 2. The van der Waals surface area contributed by atoms with E-state index < -0.39 is 0 Å². The lowest BCUT2D eigenvalue weighted by atomic mass is 9.86. The third-order valence-corrected chi connectivity index (χ3v) is 4.77. The molecule has 0 unspecified atom stereocenters. The van der Waals surface area contributed by atoms with E-state index in [0.717, 1.165) is 50.7 Å². The lowest BCUT2D eigenvalue weighted by Gasteiger charge is -2.29. The molecule has 0 bridgehead atoms. The zero-order valence-electron chi connectivity index (χ0n) is 15.2. The second-order valence-electron chi connectivity index (χ2n) is 6.79. The number of hydrogen-bond donors (Lipinski definition) is 2. The fourth-order valence-corrected chi connectivity index (χ4v) is 3.22. The number of rotatable bonds is 8. The van der Waals surface area contributed by atoms with Crippen molar-refractivity contribution < 1.29 is 9.53 Å². The molecule has 0 heterocycles. The van der Waals surface area contributed by atoms with Crippen LogP contribution in [0.4, 0.5) is 0 Å². The van der Waals surface area contributed by atoms with E-state index in [2.05, 4.69) is 17.6 Å². The van der Waals surface area contributed by atoms with E-state index in [-0.39, 0.29) is 35.9 Å². The highest BCUT2D eigenvalue weighted by molar-refractivity contribution is 14.0. The molecule has 5 nitrogen and oxygen atoms in total. The Balaban J connectivity index is 0.00000288. The molecule has 2 N–H and O–H groups in total. The zero-order valence-corrected chi connectivity index (χ0v) is 17.5. The highest BCUT2D eigenvalue weighted by Crippen LogP contribution is 2.33. The summed E-state index contributed by atoms with van der Waals surface area (Å²) in [5.41, 5.74) is 0. The van der Waals surface area contributed by atoms with Gasteiger partial charge in [0.2, 0.25) is 0 Å². The summed E-state index contributed by atoms with van der Waals surface area (Å²) in [6, 6.07) is 0.418. The smallest absolute Gasteiger partial charge is 0.308 e. The number of halogens is 1. The monoisotopic (exact) mass is 451 g/mol. The zero-order chi connectivity index (χ0) is 16.5. The Bertz CT molecular complexity index is 392. The van der Waals surface area contributed by atoms with E-state index in [0.29, 0.717) is 12.6 Å². The lowest BCUT2D eigenvalue weighted by molar-refractivity contribution is -0.149. The van der Waals surface area contributed by atoms with Crippen LogP contribution < -0.4 is 10.6 Å². The number of ether oxygens (including phenoxy) is 1. The first kappa shape index (κ1) is 21.5. The molecule has 0 aromatic carbocycles. The van der Waals surface area contributed by atoms with E-state index in [9.17, 15) is 4.79 Å². The van der Waals surface area contributed by atoms with Crippen LogP contribution in [0.25, 0.3) is 0 Å². The number of hydrogen-bond acceptors (Lipinski definition) is 3. The summed E-state index contributed by atoms with van der Waals surface area (Å²) in [5, 5.41) is 6.87. The number of guanidine groups is 1. The largest absolute Gasteiger partial charge is 0.466 e. The van der Waals surface area contributed by atoms with Crippen LogP contribution in [-0.2, 0) is 9.53 Å². The van der Waals surface area contributed by atoms with Crippen LogP contribution in [-0.4, -0.2) is 37.7 Å². The van der Waals surface area contributed by atoms with Gasteiger partial charge in [-0.15, -0.1) is 24.0 Å². The van der Waals surface area contributed by atoms with Gasteiger partial charge in [0.15, 0.2) is 5.96 Å². The fraction of sp³-hybridized carbons (Fsp3) is 0.889. The topological polar surface area (TPSA) is 62.7 Å². The number of nitrogens with zero attached hydrogens (tertiary/aromatic N) is 1. The maximum Gasteiger partial charge on any atom is 0.308 e. The maximum absolute atomic E-state index is 11.8. The van der Waals surface area contributed by atoms with Crippen molar-refractivity contribution in [1.29, 1.82) is 0 Å². The molecule has 140 valence electrons. The Morgan fingerprint density at radius 3 is 2.42 bits per heavy atom. The van der Waals surface area contributed by atoms with E-state index in [1.54, 1.807) is 0 Å². The molecule has 0 amide bonds. The Kier molecular flexibility index (Phi) is 10.7. The van der Waals surface area contributed by atoms with Gasteiger partial charge in [0.1, 0.15) is 0 Å². The van der Waals surface area contributed by atoms with E-state index in [1.807, 2.05) is 6.92 Å². The minimum Gasteiger partial charge on any atom is -0.466 e. The van der Waals surface area contributed by atoms with Crippen molar-refractivity contribution in [3.05, 3.63) is 0 Å². The molecule has 0 spiro atoms. The average molecular weight is 451 g/mol. The molecule has 6 heteroatoms. The van der Waals surface area contributed by atoms with E-state index in [4.69, 9.17) is 9.73 Å². The predicted molar refractivity (Wildman–Crippen MR) is 109 cm³/mol. The Morgan fingerprint density at radius 1 is 1.12 bits per heavy atom. The third kappa shape index (κ3) is 8.03. The van der Waals surface area contributed by atoms with Gasteiger partial charge >= 0.3 is 5.97 Å². The molecule has 0 aliphatic heterocycles. The van der Waals surface area contributed by atoms with Crippen LogP contribution in [0.5, 0.6) is 0 Å². The highest BCUT2D eigenvalue weighted by Gasteiger charge is 2.27. The molecule has 2 aliphatic rings. The third-order valence-electron chi connectivity index (χ3n) is 4.77. The highest BCUT2D eigenvalue weighted by atomic mass is 127. The normalized spacial score (nSPS) is 24.0. The van der Waals surface area contributed by atoms with Crippen LogP contribution >= 0.6 is 24.0 Å². The molecule has 0 radical (unpaired) electrons. The van der Waals surface area contributed by atoms with Crippen molar-refractivity contribution in [3.63, 3.8) is 0 Å². The van der Waals surface area contributed by atoms with Crippen LogP contribution in [0, 0.1) is 11.8 Å². The number of esters is 1. The summed E-state index contributed by atoms with van der Waals surface area (Å²) >= 11 is 0. The first-order chi connectivity index (χ1) is 11.2. The fourth-order valence-electron chi connectivity index (χ4n) is 3.22. The Labute approximate surface area is 163 Å². The van der Waals surface area contributed by atoms with Crippen molar-refractivity contribution >= 4 is 35.9 Å². The summed E-state index contributed by atoms with van der Waals surface area (Å²) in [4.78, 5) is 16.5. The van der Waals surface area contributed by atoms with Gasteiger partial charge in [-0.25, -0.2) is 0 Å². The van der Waals surface area contributed by atoms with Crippen molar-refractivity contribution in [1.82, 2.24) is 10.6 Å². The predicted octanol–water partition coefficient (Wildman–Crippen LogP) is 3.47. The molecular formula is C18H34IN3O2. The summed E-state index contributed by atoms with van der Waals surface area (Å²) in [6.45, 7) is 6.23. The summed E-state index contributed by atoms with van der Waals surface area (Å²) in [5.74, 6) is 1.99. The maximum atomic E-state index is 11.8. The number of aliphatic imine (C=N–C) groups is 1. The van der Waals surface area contributed by atoms with Crippen molar-refractivity contribution in [3.8, 4) is 0 Å². The molecule has 0 aromatic rings. The molecule has 2 fully saturated rings. The quantitative estimate of drug-likeness (QED) is 0.195. The molecule has 2 rings (SSSR count). The van der Waals surface area contributed by atoms with Crippen molar-refractivity contribution in [2.45, 2.75) is 71.3 Å². The summed E-state index contributed by atoms with van der Waals surface area (Å²) in [6.07, 6.45) is 9.21. The standard InChI is InChI=1S/C18H33N3O2.HI/c1-3-19-18(20-13-5-6-14-7-8-14)21-16-11-9-15(10-12-16)17(22)23-4-2;/h14-16H,3-13H2,1-2H3,(H2,19,20,21);1H. The molecule has 2 aliphatic carbocycles. The van der Waals surface area contributed by atoms with Gasteiger partial charge in [0, 0.05) is 19.1 Å². The van der Waals surface area contributed by atoms with Crippen LogP contribution in [0.3, 0.4) is 0 Å². The van der Waals surface area contributed by atoms with Gasteiger partial charge in [-0.3, -0.25) is 9.79 Å². The molecular weight excluding hydrogens is 417 g/mol. The SMILES string of the molecule is CCNC(=NCCCC1CC1)NC1CCC(C(=O)OCC)CC1.I. The van der Waals surface area contributed by atoms with Gasteiger partial charge in [-0.1, -0.05) is 12.8 Å². The van der Waals surface area contributed by atoms with Crippen molar-refractivity contribution in [2.24, 2.45) is 16.8 Å². The average Bonchev–Trinajstić information content (AvgIpc) is 3.37. The first-order valence-corrected chi connectivity index (χ1v) is 9.44. The van der Waals surface area contributed by atoms with Gasteiger partial charge < -0.3 is 15.4 Å². The molecule has 2 saturated carbocycles. The molecule has 24 heavy (non-hydrogen) atoms. The summed E-state index contributed by atoms with van der Waals surface area (Å²) in [7, 11) is 0. The van der Waals surface area contributed by atoms with Crippen molar-refractivity contribution in [2.75, 3.05) is 19.7 Å². The second-order valence-corrected chi connectivity index (χ2v) is 6.79. The van der Waals surface area contributed by atoms with Gasteiger partial charge in [-0.2, -0.15) is 0 Å². The Morgan fingerprint density at radius 2 is 1.83 bits per heavy atom. The van der Waals surface area contributed by atoms with E-state index in [1.165, 1.54) is 25.7 Å². The minimum absolute atomic E-state index is 0. The number of carbonyl (C=O) groups is 1. The molecule has 0 aromatic heterocycles. The second kappa shape index (κ2) is 11.9. The molecule has 0 atom stereocenters. The van der Waals surface area contributed by atoms with Crippen LogP contribution in [0.2, 0.25) is 0 Å². The lowest BCUT2D eigenvalue weighted by Crippen LogP contribution is -2.45. The molecule has 0 saturated heterocycles. The van der Waals surface area contributed by atoms with E-state index >= 15 is 0 Å². The minimum atomic E-state index is -0.0217.